The highest BCUT2D eigenvalue weighted by atomic mass is 35.5. The van der Waals surface area contributed by atoms with Crippen LogP contribution < -0.4 is 19.1 Å². The van der Waals surface area contributed by atoms with Crippen LogP contribution >= 0.6 is 23.2 Å². The van der Waals surface area contributed by atoms with Gasteiger partial charge in [0.05, 0.1) is 24.8 Å². The highest BCUT2D eigenvalue weighted by Gasteiger charge is 2.35. The SMILES string of the molecule is CC[C@@H](C)NC(=O)[C@H](Cc1ccccc1)N(Cc1ccc(Cl)cc1)C(=O)CN(c1ccc(Cl)cc1)S(=O)(=O)c1ccc(OC)c(OC)c1. The number of rotatable bonds is 15. The van der Waals surface area contributed by atoms with E-state index in [1.807, 2.05) is 44.2 Å². The molecule has 4 aromatic carbocycles. The first-order valence-corrected chi connectivity index (χ1v) is 17.5. The lowest BCUT2D eigenvalue weighted by molar-refractivity contribution is -0.140. The van der Waals surface area contributed by atoms with E-state index in [0.717, 1.165) is 9.87 Å². The van der Waals surface area contributed by atoms with Gasteiger partial charge >= 0.3 is 0 Å². The summed E-state index contributed by atoms with van der Waals surface area (Å²) in [5, 5.41) is 3.93. The third kappa shape index (κ3) is 9.21. The molecular formula is C36H39Cl2N3O6S. The van der Waals surface area contributed by atoms with Gasteiger partial charge in [-0.25, -0.2) is 8.42 Å². The molecule has 0 spiro atoms. The summed E-state index contributed by atoms with van der Waals surface area (Å²) in [6, 6.07) is 25.5. The summed E-state index contributed by atoms with van der Waals surface area (Å²) in [7, 11) is -1.52. The maximum Gasteiger partial charge on any atom is 0.264 e. The van der Waals surface area contributed by atoms with Gasteiger partial charge in [0, 0.05) is 35.1 Å². The van der Waals surface area contributed by atoms with E-state index in [0.29, 0.717) is 27.8 Å². The minimum atomic E-state index is -4.37. The van der Waals surface area contributed by atoms with Gasteiger partial charge in [-0.15, -0.1) is 0 Å². The van der Waals surface area contributed by atoms with Gasteiger partial charge in [-0.05, 0) is 73.0 Å². The van der Waals surface area contributed by atoms with Gasteiger partial charge in [0.2, 0.25) is 11.8 Å². The van der Waals surface area contributed by atoms with Crippen LogP contribution in [0.25, 0.3) is 0 Å². The van der Waals surface area contributed by atoms with Crippen LogP contribution in [0.4, 0.5) is 5.69 Å². The van der Waals surface area contributed by atoms with Crippen LogP contribution in [0.3, 0.4) is 0 Å². The first-order valence-electron chi connectivity index (χ1n) is 15.3. The molecule has 9 nitrogen and oxygen atoms in total. The molecule has 0 saturated carbocycles. The quantitative estimate of drug-likeness (QED) is 0.146. The molecule has 0 aromatic heterocycles. The molecule has 4 aromatic rings. The van der Waals surface area contributed by atoms with Crippen LogP contribution in [0.1, 0.15) is 31.4 Å². The second-order valence-electron chi connectivity index (χ2n) is 11.2. The Hall–Kier alpha value is -4.25. The minimum Gasteiger partial charge on any atom is -0.493 e. The van der Waals surface area contributed by atoms with Gasteiger partial charge in [-0.1, -0.05) is 72.6 Å². The summed E-state index contributed by atoms with van der Waals surface area (Å²) in [4.78, 5) is 29.9. The summed E-state index contributed by atoms with van der Waals surface area (Å²) in [5.41, 5.74) is 1.75. The van der Waals surface area contributed by atoms with Crippen molar-refractivity contribution >= 4 is 50.7 Å². The topological polar surface area (TPSA) is 105 Å². The van der Waals surface area contributed by atoms with E-state index in [1.165, 1.54) is 49.5 Å². The summed E-state index contributed by atoms with van der Waals surface area (Å²) in [6.45, 7) is 3.25. The van der Waals surface area contributed by atoms with Crippen LogP contribution in [0.2, 0.25) is 10.0 Å². The van der Waals surface area contributed by atoms with Gasteiger partial charge in [0.25, 0.3) is 10.0 Å². The normalized spacial score (nSPS) is 12.5. The van der Waals surface area contributed by atoms with E-state index >= 15 is 0 Å². The Morgan fingerprint density at radius 2 is 1.42 bits per heavy atom. The Morgan fingerprint density at radius 3 is 2.00 bits per heavy atom. The predicted octanol–water partition coefficient (Wildman–Crippen LogP) is 6.76. The molecule has 0 unspecified atom stereocenters. The Kier molecular flexibility index (Phi) is 12.7. The minimum absolute atomic E-state index is 0.0201. The highest BCUT2D eigenvalue weighted by molar-refractivity contribution is 7.92. The van der Waals surface area contributed by atoms with E-state index in [4.69, 9.17) is 32.7 Å². The van der Waals surface area contributed by atoms with Gasteiger partial charge in [-0.3, -0.25) is 13.9 Å². The van der Waals surface area contributed by atoms with E-state index in [-0.39, 0.29) is 41.2 Å². The number of carbonyl (C=O) groups excluding carboxylic acids is 2. The fourth-order valence-electron chi connectivity index (χ4n) is 5.02. The number of hydrogen-bond acceptors (Lipinski definition) is 6. The molecule has 0 aliphatic heterocycles. The summed E-state index contributed by atoms with van der Waals surface area (Å²) >= 11 is 12.3. The second kappa shape index (κ2) is 16.7. The average Bonchev–Trinajstić information content (AvgIpc) is 3.09. The number of carbonyl (C=O) groups is 2. The molecule has 0 saturated heterocycles. The number of halogens is 2. The monoisotopic (exact) mass is 711 g/mol. The third-order valence-electron chi connectivity index (χ3n) is 7.87. The first kappa shape index (κ1) is 36.6. The summed E-state index contributed by atoms with van der Waals surface area (Å²) in [5.74, 6) is -0.397. The lowest BCUT2D eigenvalue weighted by Crippen LogP contribution is -2.54. The Bertz CT molecular complexity index is 1790. The summed E-state index contributed by atoms with van der Waals surface area (Å²) < 4.78 is 40.4. The number of amides is 2. The maximum atomic E-state index is 14.6. The molecule has 0 aliphatic rings. The molecule has 4 rings (SSSR count). The number of nitrogens with zero attached hydrogens (tertiary/aromatic N) is 2. The number of sulfonamides is 1. The number of anilines is 1. The zero-order chi connectivity index (χ0) is 34.8. The molecule has 0 aliphatic carbocycles. The number of hydrogen-bond donors (Lipinski definition) is 1. The molecule has 2 amide bonds. The van der Waals surface area contributed by atoms with E-state index in [1.54, 1.807) is 36.4 Å². The summed E-state index contributed by atoms with van der Waals surface area (Å²) in [6.07, 6.45) is 0.884. The molecule has 12 heteroatoms. The number of benzene rings is 4. The number of nitrogens with one attached hydrogen (secondary N) is 1. The molecule has 0 bridgehead atoms. The Balaban J connectivity index is 1.82. The van der Waals surface area contributed by atoms with Crippen molar-refractivity contribution in [3.05, 3.63) is 118 Å². The van der Waals surface area contributed by atoms with Crippen molar-refractivity contribution in [2.75, 3.05) is 25.1 Å². The molecule has 0 fully saturated rings. The molecule has 0 radical (unpaired) electrons. The Morgan fingerprint density at radius 1 is 0.812 bits per heavy atom. The van der Waals surface area contributed by atoms with Crippen LogP contribution in [0, 0.1) is 0 Å². The van der Waals surface area contributed by atoms with Crippen LogP contribution in [0.15, 0.2) is 102 Å². The molecule has 48 heavy (non-hydrogen) atoms. The van der Waals surface area contributed by atoms with E-state index in [2.05, 4.69) is 5.32 Å². The molecule has 254 valence electrons. The van der Waals surface area contributed by atoms with Crippen molar-refractivity contribution in [2.45, 2.75) is 50.2 Å². The van der Waals surface area contributed by atoms with Crippen molar-refractivity contribution in [3.8, 4) is 11.5 Å². The standard InChI is InChI=1S/C36H39Cl2N3O6S/c1-5-25(2)39-36(43)32(21-26-9-7-6-8-10-26)40(23-27-11-13-28(37)14-12-27)35(42)24-41(30-17-15-29(38)16-18-30)48(44,45)31-19-20-33(46-3)34(22-31)47-4/h6-20,22,25,32H,5,21,23-24H2,1-4H3,(H,39,43)/t25-,32+/m1/s1. The van der Waals surface area contributed by atoms with Crippen molar-refractivity contribution < 1.29 is 27.5 Å². The fourth-order valence-corrected chi connectivity index (χ4v) is 6.70. The van der Waals surface area contributed by atoms with Gasteiger partial charge in [-0.2, -0.15) is 0 Å². The molecule has 0 heterocycles. The van der Waals surface area contributed by atoms with Gasteiger partial charge in [0.15, 0.2) is 11.5 Å². The van der Waals surface area contributed by atoms with E-state index in [9.17, 15) is 18.0 Å². The molecule has 2 atom stereocenters. The van der Waals surface area contributed by atoms with Crippen molar-refractivity contribution in [1.29, 1.82) is 0 Å². The fraction of sp³-hybridized carbons (Fsp3) is 0.278. The van der Waals surface area contributed by atoms with E-state index < -0.39 is 28.5 Å². The Labute approximate surface area is 292 Å². The molecular weight excluding hydrogens is 673 g/mol. The van der Waals surface area contributed by atoms with Crippen molar-refractivity contribution in [2.24, 2.45) is 0 Å². The van der Waals surface area contributed by atoms with Gasteiger partial charge < -0.3 is 19.7 Å². The van der Waals surface area contributed by atoms with Crippen LogP contribution in [0.5, 0.6) is 11.5 Å². The zero-order valence-corrected chi connectivity index (χ0v) is 29.6. The van der Waals surface area contributed by atoms with Crippen molar-refractivity contribution in [1.82, 2.24) is 10.2 Å². The zero-order valence-electron chi connectivity index (χ0n) is 27.2. The second-order valence-corrected chi connectivity index (χ2v) is 13.9. The number of ether oxygens (including phenoxy) is 2. The maximum absolute atomic E-state index is 14.6. The number of methoxy groups -OCH3 is 2. The van der Waals surface area contributed by atoms with Gasteiger partial charge in [0.1, 0.15) is 12.6 Å². The third-order valence-corrected chi connectivity index (χ3v) is 10.1. The highest BCUT2D eigenvalue weighted by Crippen LogP contribution is 2.33. The molecule has 1 N–H and O–H groups in total. The smallest absolute Gasteiger partial charge is 0.264 e. The lowest BCUT2D eigenvalue weighted by atomic mass is 10.0. The van der Waals surface area contributed by atoms with Crippen molar-refractivity contribution in [3.63, 3.8) is 0 Å². The largest absolute Gasteiger partial charge is 0.493 e. The first-order chi connectivity index (χ1) is 23.0. The van der Waals surface area contributed by atoms with Crippen LogP contribution in [-0.4, -0.2) is 58.0 Å². The van der Waals surface area contributed by atoms with Crippen LogP contribution in [-0.2, 0) is 32.6 Å². The predicted molar refractivity (Wildman–Crippen MR) is 189 cm³/mol. The average molecular weight is 713 g/mol. The lowest BCUT2D eigenvalue weighted by Gasteiger charge is -2.34.